The van der Waals surface area contributed by atoms with Gasteiger partial charge in [0.25, 0.3) is 5.91 Å². The molecule has 1 aromatic carbocycles. The number of amides is 1. The van der Waals surface area contributed by atoms with Crippen LogP contribution in [0, 0.1) is 0 Å². The first-order valence-electron chi connectivity index (χ1n) is 7.66. The van der Waals surface area contributed by atoms with Gasteiger partial charge in [0, 0.05) is 24.7 Å². The summed E-state index contributed by atoms with van der Waals surface area (Å²) < 4.78 is 5.20. The molecule has 5 heteroatoms. The monoisotopic (exact) mass is 289 g/mol. The van der Waals surface area contributed by atoms with E-state index in [4.69, 9.17) is 10.5 Å². The van der Waals surface area contributed by atoms with E-state index < -0.39 is 0 Å². The maximum atomic E-state index is 12.6. The molecule has 0 aliphatic carbocycles. The van der Waals surface area contributed by atoms with E-state index in [2.05, 4.69) is 4.90 Å². The number of nitrogens with two attached hydrogens (primary N) is 1. The minimum absolute atomic E-state index is 0.0787. The number of carbonyl (C=O) groups excluding carboxylic acids is 1. The molecule has 1 amide bonds. The Labute approximate surface area is 125 Å². The van der Waals surface area contributed by atoms with Gasteiger partial charge < -0.3 is 15.4 Å². The number of nitrogens with zero attached hydrogens (tertiary/aromatic N) is 2. The van der Waals surface area contributed by atoms with Crippen molar-refractivity contribution >= 4 is 11.6 Å². The molecule has 5 nitrogen and oxygen atoms in total. The minimum Gasteiger partial charge on any atom is -0.495 e. The summed E-state index contributed by atoms with van der Waals surface area (Å²) in [7, 11) is 1.57. The maximum Gasteiger partial charge on any atom is 0.254 e. The Balaban J connectivity index is 1.68. The molecule has 2 fully saturated rings. The van der Waals surface area contributed by atoms with E-state index in [0.717, 1.165) is 19.5 Å². The van der Waals surface area contributed by atoms with E-state index in [0.29, 0.717) is 23.0 Å². The van der Waals surface area contributed by atoms with Crippen LogP contribution in [0.25, 0.3) is 0 Å². The summed E-state index contributed by atoms with van der Waals surface area (Å²) in [5.41, 5.74) is 7.02. The highest BCUT2D eigenvalue weighted by Gasteiger charge is 2.32. The van der Waals surface area contributed by atoms with Gasteiger partial charge in [-0.3, -0.25) is 9.69 Å². The number of nitrogen functional groups attached to an aromatic ring is 1. The van der Waals surface area contributed by atoms with Crippen LogP contribution in [0.5, 0.6) is 5.75 Å². The second-order valence-electron chi connectivity index (χ2n) is 5.89. The molecule has 0 spiro atoms. The third kappa shape index (κ3) is 2.83. The quantitative estimate of drug-likeness (QED) is 0.859. The Morgan fingerprint density at radius 1 is 1.29 bits per heavy atom. The highest BCUT2D eigenvalue weighted by molar-refractivity contribution is 5.95. The first-order chi connectivity index (χ1) is 10.2. The van der Waals surface area contributed by atoms with Crippen LogP contribution in [-0.4, -0.2) is 55.0 Å². The zero-order chi connectivity index (χ0) is 14.8. The third-order valence-electron chi connectivity index (χ3n) is 4.59. The van der Waals surface area contributed by atoms with Gasteiger partial charge in [0.1, 0.15) is 5.75 Å². The molecule has 2 saturated heterocycles. The van der Waals surface area contributed by atoms with E-state index in [1.54, 1.807) is 25.3 Å². The van der Waals surface area contributed by atoms with Gasteiger partial charge in [-0.1, -0.05) is 0 Å². The largest absolute Gasteiger partial charge is 0.495 e. The van der Waals surface area contributed by atoms with E-state index in [9.17, 15) is 4.79 Å². The van der Waals surface area contributed by atoms with Crippen LogP contribution in [0.2, 0.25) is 0 Å². The maximum absolute atomic E-state index is 12.6. The second kappa shape index (κ2) is 5.93. The van der Waals surface area contributed by atoms with Gasteiger partial charge in [0.2, 0.25) is 0 Å². The van der Waals surface area contributed by atoms with Gasteiger partial charge in [0.15, 0.2) is 0 Å². The summed E-state index contributed by atoms with van der Waals surface area (Å²) in [4.78, 5) is 17.1. The number of hydrogen-bond donors (Lipinski definition) is 1. The molecule has 0 saturated carbocycles. The average Bonchev–Trinajstić information content (AvgIpc) is 3.18. The number of rotatable bonds is 3. The SMILES string of the molecule is COc1cc(C(=O)N2CCC(N3CCCC3)C2)ccc1N. The molecule has 1 atom stereocenters. The molecule has 3 rings (SSSR count). The summed E-state index contributed by atoms with van der Waals surface area (Å²) in [5.74, 6) is 0.645. The summed E-state index contributed by atoms with van der Waals surface area (Å²) in [6.07, 6.45) is 3.66. The second-order valence-corrected chi connectivity index (χ2v) is 5.89. The average molecular weight is 289 g/mol. The van der Waals surface area contributed by atoms with Crippen LogP contribution >= 0.6 is 0 Å². The Bertz CT molecular complexity index is 526. The molecular weight excluding hydrogens is 266 g/mol. The topological polar surface area (TPSA) is 58.8 Å². The van der Waals surface area contributed by atoms with Crippen molar-refractivity contribution in [3.05, 3.63) is 23.8 Å². The predicted molar refractivity (Wildman–Crippen MR) is 82.5 cm³/mol. The van der Waals surface area contributed by atoms with Crippen molar-refractivity contribution in [3.63, 3.8) is 0 Å². The van der Waals surface area contributed by atoms with Crippen LogP contribution in [0.3, 0.4) is 0 Å². The molecule has 2 aliphatic rings. The smallest absolute Gasteiger partial charge is 0.254 e. The summed E-state index contributed by atoms with van der Waals surface area (Å²) >= 11 is 0. The van der Waals surface area contributed by atoms with E-state index in [-0.39, 0.29) is 5.91 Å². The number of ether oxygens (including phenoxy) is 1. The van der Waals surface area contributed by atoms with Crippen molar-refractivity contribution in [2.75, 3.05) is 39.0 Å². The molecule has 2 aliphatic heterocycles. The fourth-order valence-electron chi connectivity index (χ4n) is 3.36. The van der Waals surface area contributed by atoms with Crippen LogP contribution in [-0.2, 0) is 0 Å². The van der Waals surface area contributed by atoms with Crippen molar-refractivity contribution in [1.29, 1.82) is 0 Å². The van der Waals surface area contributed by atoms with Crippen LogP contribution in [0.1, 0.15) is 29.6 Å². The molecule has 2 N–H and O–H groups in total. The van der Waals surface area contributed by atoms with Gasteiger partial charge in [-0.25, -0.2) is 0 Å². The Kier molecular flexibility index (Phi) is 4.01. The number of likely N-dealkylation sites (tertiary alicyclic amines) is 2. The zero-order valence-electron chi connectivity index (χ0n) is 12.5. The van der Waals surface area contributed by atoms with Gasteiger partial charge in [-0.15, -0.1) is 0 Å². The van der Waals surface area contributed by atoms with Crippen molar-refractivity contribution < 1.29 is 9.53 Å². The first kappa shape index (κ1) is 14.2. The molecular formula is C16H23N3O2. The third-order valence-corrected chi connectivity index (χ3v) is 4.59. The highest BCUT2D eigenvalue weighted by Crippen LogP contribution is 2.25. The number of hydrogen-bond acceptors (Lipinski definition) is 4. The van der Waals surface area contributed by atoms with Crippen molar-refractivity contribution in [2.24, 2.45) is 0 Å². The Hall–Kier alpha value is -1.75. The number of benzene rings is 1. The minimum atomic E-state index is 0.0787. The number of carbonyl (C=O) groups is 1. The molecule has 21 heavy (non-hydrogen) atoms. The Morgan fingerprint density at radius 2 is 2.05 bits per heavy atom. The van der Waals surface area contributed by atoms with Crippen molar-refractivity contribution in [2.45, 2.75) is 25.3 Å². The molecule has 114 valence electrons. The number of methoxy groups -OCH3 is 1. The lowest BCUT2D eigenvalue weighted by atomic mass is 10.1. The lowest BCUT2D eigenvalue weighted by Gasteiger charge is -2.23. The standard InChI is InChI=1S/C16H23N3O2/c1-21-15-10-12(4-5-14(15)17)16(20)19-9-6-13(11-19)18-7-2-3-8-18/h4-5,10,13H,2-3,6-9,11,17H2,1H3. The van der Waals surface area contributed by atoms with Crippen LogP contribution in [0.4, 0.5) is 5.69 Å². The molecule has 2 heterocycles. The first-order valence-corrected chi connectivity index (χ1v) is 7.66. The van der Waals surface area contributed by atoms with E-state index in [1.165, 1.54) is 25.9 Å². The van der Waals surface area contributed by atoms with E-state index in [1.807, 2.05) is 4.90 Å². The highest BCUT2D eigenvalue weighted by atomic mass is 16.5. The van der Waals surface area contributed by atoms with Gasteiger partial charge in [-0.2, -0.15) is 0 Å². The molecule has 1 unspecified atom stereocenters. The fraction of sp³-hybridized carbons (Fsp3) is 0.562. The van der Waals surface area contributed by atoms with Crippen molar-refractivity contribution in [1.82, 2.24) is 9.80 Å². The summed E-state index contributed by atoms with van der Waals surface area (Å²) in [6.45, 7) is 4.04. The fourth-order valence-corrected chi connectivity index (χ4v) is 3.36. The zero-order valence-corrected chi connectivity index (χ0v) is 12.5. The lowest BCUT2D eigenvalue weighted by molar-refractivity contribution is 0.0780. The molecule has 0 bridgehead atoms. The van der Waals surface area contributed by atoms with Gasteiger partial charge in [-0.05, 0) is 50.6 Å². The molecule has 1 aromatic rings. The van der Waals surface area contributed by atoms with Gasteiger partial charge in [0.05, 0.1) is 12.8 Å². The van der Waals surface area contributed by atoms with E-state index >= 15 is 0 Å². The lowest BCUT2D eigenvalue weighted by Crippen LogP contribution is -2.37. The normalized spacial score (nSPS) is 22.7. The molecule has 0 aromatic heterocycles. The van der Waals surface area contributed by atoms with Crippen LogP contribution < -0.4 is 10.5 Å². The Morgan fingerprint density at radius 3 is 2.76 bits per heavy atom. The predicted octanol–water partition coefficient (Wildman–Crippen LogP) is 1.59. The van der Waals surface area contributed by atoms with Crippen molar-refractivity contribution in [3.8, 4) is 5.75 Å². The number of anilines is 1. The summed E-state index contributed by atoms with van der Waals surface area (Å²) in [6, 6.07) is 5.79. The summed E-state index contributed by atoms with van der Waals surface area (Å²) in [5, 5.41) is 0. The van der Waals surface area contributed by atoms with Gasteiger partial charge >= 0.3 is 0 Å². The molecule has 0 radical (unpaired) electrons. The van der Waals surface area contributed by atoms with Crippen LogP contribution in [0.15, 0.2) is 18.2 Å².